The second kappa shape index (κ2) is 7.59. The normalized spacial score (nSPS) is 22.4. The van der Waals surface area contributed by atoms with Crippen LogP contribution in [0.2, 0.25) is 0 Å². The zero-order chi connectivity index (χ0) is 16.2. The van der Waals surface area contributed by atoms with Crippen LogP contribution in [0.5, 0.6) is 0 Å². The number of aromatic nitrogens is 1. The molecule has 7 heteroatoms. The molecule has 1 aromatic heterocycles. The lowest BCUT2D eigenvalue weighted by Crippen LogP contribution is -2.36. The average molecular weight is 338 g/mol. The van der Waals surface area contributed by atoms with Crippen LogP contribution in [-0.2, 0) is 16.1 Å². The molecule has 2 aliphatic heterocycles. The second-order valence-corrected chi connectivity index (χ2v) is 7.50. The third-order valence-corrected chi connectivity index (χ3v) is 5.54. The molecule has 23 heavy (non-hydrogen) atoms. The maximum Gasteiger partial charge on any atom is 0.222 e. The van der Waals surface area contributed by atoms with Gasteiger partial charge in [0.2, 0.25) is 5.91 Å². The van der Waals surface area contributed by atoms with Gasteiger partial charge in [0.05, 0.1) is 13.2 Å². The Balaban J connectivity index is 1.49. The minimum Gasteiger partial charge on any atom is -0.378 e. The highest BCUT2D eigenvalue weighted by Crippen LogP contribution is 2.25. The largest absolute Gasteiger partial charge is 0.378 e. The number of carbonyl (C=O) groups excluding carboxylic acids is 1. The van der Waals surface area contributed by atoms with Gasteiger partial charge in [-0.05, 0) is 19.9 Å². The fourth-order valence-electron chi connectivity index (χ4n) is 3.32. The Hall–Kier alpha value is -1.18. The van der Waals surface area contributed by atoms with Crippen molar-refractivity contribution >= 4 is 22.4 Å². The molecular weight excluding hydrogens is 312 g/mol. The maximum atomic E-state index is 11.8. The number of thiazole rings is 1. The van der Waals surface area contributed by atoms with E-state index in [4.69, 9.17) is 4.74 Å². The molecule has 1 atom stereocenters. The summed E-state index contributed by atoms with van der Waals surface area (Å²) in [7, 11) is 2.13. The molecule has 128 valence electrons. The van der Waals surface area contributed by atoms with Crippen molar-refractivity contribution in [2.45, 2.75) is 19.9 Å². The molecule has 1 aromatic rings. The topological polar surface area (TPSA) is 48.9 Å². The highest BCUT2D eigenvalue weighted by Gasteiger charge is 2.29. The summed E-state index contributed by atoms with van der Waals surface area (Å²) in [6, 6.07) is 0. The molecule has 0 aromatic carbocycles. The molecule has 1 amide bonds. The summed E-state index contributed by atoms with van der Waals surface area (Å²) < 4.78 is 5.39. The predicted octanol–water partition coefficient (Wildman–Crippen LogP) is 1.28. The van der Waals surface area contributed by atoms with Gasteiger partial charge in [-0.1, -0.05) is 0 Å². The Labute approximate surface area is 142 Å². The van der Waals surface area contributed by atoms with Crippen molar-refractivity contribution in [2.24, 2.45) is 5.92 Å². The zero-order valence-corrected chi connectivity index (χ0v) is 14.8. The third-order valence-electron chi connectivity index (χ3n) is 4.49. The number of carbonyl (C=O) groups is 1. The molecule has 0 saturated carbocycles. The molecule has 0 spiro atoms. The van der Waals surface area contributed by atoms with Crippen LogP contribution in [0, 0.1) is 5.92 Å². The van der Waals surface area contributed by atoms with E-state index in [0.717, 1.165) is 57.6 Å². The first-order chi connectivity index (χ1) is 11.2. The number of hydrogen-bond donors (Lipinski definition) is 0. The Morgan fingerprint density at radius 3 is 2.91 bits per heavy atom. The van der Waals surface area contributed by atoms with Crippen molar-refractivity contribution in [3.63, 3.8) is 0 Å². The highest BCUT2D eigenvalue weighted by atomic mass is 32.1. The van der Waals surface area contributed by atoms with Crippen LogP contribution in [0.25, 0.3) is 0 Å². The van der Waals surface area contributed by atoms with Gasteiger partial charge in [-0.25, -0.2) is 4.98 Å². The number of morpholine rings is 1. The molecule has 2 saturated heterocycles. The van der Waals surface area contributed by atoms with Crippen LogP contribution >= 0.6 is 11.3 Å². The fraction of sp³-hybridized carbons (Fsp3) is 0.750. The molecule has 0 aliphatic carbocycles. The Kier molecular flexibility index (Phi) is 5.50. The first-order valence-corrected chi connectivity index (χ1v) is 9.21. The van der Waals surface area contributed by atoms with Crippen LogP contribution in [0.15, 0.2) is 6.20 Å². The highest BCUT2D eigenvalue weighted by molar-refractivity contribution is 7.15. The van der Waals surface area contributed by atoms with E-state index in [1.54, 1.807) is 11.3 Å². The van der Waals surface area contributed by atoms with Crippen LogP contribution in [0.3, 0.4) is 0 Å². The molecule has 0 N–H and O–H groups in total. The first-order valence-electron chi connectivity index (χ1n) is 8.39. The van der Waals surface area contributed by atoms with Crippen molar-refractivity contribution in [3.8, 4) is 0 Å². The number of nitrogens with zero attached hydrogens (tertiary/aromatic N) is 4. The SMILES string of the molecule is CCN1C[C@H](CN(C)Cc2cnc(N3CCOCC3)s2)CC1=O. The quantitative estimate of drug-likeness (QED) is 0.782. The van der Waals surface area contributed by atoms with E-state index >= 15 is 0 Å². The van der Waals surface area contributed by atoms with Gasteiger partial charge in [-0.3, -0.25) is 4.79 Å². The predicted molar refractivity (Wildman–Crippen MR) is 91.8 cm³/mol. The van der Waals surface area contributed by atoms with E-state index in [9.17, 15) is 4.79 Å². The van der Waals surface area contributed by atoms with E-state index in [1.807, 2.05) is 11.1 Å². The van der Waals surface area contributed by atoms with Crippen LogP contribution in [0.1, 0.15) is 18.2 Å². The molecule has 0 radical (unpaired) electrons. The van der Waals surface area contributed by atoms with Crippen LogP contribution in [0.4, 0.5) is 5.13 Å². The summed E-state index contributed by atoms with van der Waals surface area (Å²) >= 11 is 1.77. The van der Waals surface area contributed by atoms with Gasteiger partial charge in [0.1, 0.15) is 0 Å². The van der Waals surface area contributed by atoms with Gasteiger partial charge in [0.15, 0.2) is 5.13 Å². The van der Waals surface area contributed by atoms with E-state index in [2.05, 4.69) is 28.8 Å². The lowest BCUT2D eigenvalue weighted by molar-refractivity contribution is -0.127. The van der Waals surface area contributed by atoms with E-state index in [0.29, 0.717) is 18.2 Å². The van der Waals surface area contributed by atoms with E-state index in [-0.39, 0.29) is 0 Å². The lowest BCUT2D eigenvalue weighted by Gasteiger charge is -2.26. The van der Waals surface area contributed by atoms with Crippen molar-refractivity contribution < 1.29 is 9.53 Å². The Morgan fingerprint density at radius 1 is 1.43 bits per heavy atom. The summed E-state index contributed by atoms with van der Waals surface area (Å²) in [5.41, 5.74) is 0. The molecule has 3 rings (SSSR count). The Morgan fingerprint density at radius 2 is 2.22 bits per heavy atom. The minimum atomic E-state index is 0.304. The lowest BCUT2D eigenvalue weighted by atomic mass is 10.1. The second-order valence-electron chi connectivity index (χ2n) is 6.41. The smallest absolute Gasteiger partial charge is 0.222 e. The van der Waals surface area contributed by atoms with E-state index < -0.39 is 0 Å². The van der Waals surface area contributed by atoms with Gasteiger partial charge < -0.3 is 19.4 Å². The van der Waals surface area contributed by atoms with Crippen LogP contribution in [-0.4, -0.2) is 73.7 Å². The summed E-state index contributed by atoms with van der Waals surface area (Å²) in [4.78, 5) is 24.2. The monoisotopic (exact) mass is 338 g/mol. The summed E-state index contributed by atoms with van der Waals surface area (Å²) in [5, 5.41) is 1.10. The van der Waals surface area contributed by atoms with Crippen molar-refractivity contribution in [1.82, 2.24) is 14.8 Å². The molecule has 6 nitrogen and oxygen atoms in total. The fourth-order valence-corrected chi connectivity index (χ4v) is 4.37. The molecular formula is C16H26N4O2S. The third kappa shape index (κ3) is 4.22. The number of likely N-dealkylation sites (tertiary alicyclic amines) is 1. The van der Waals surface area contributed by atoms with Gasteiger partial charge >= 0.3 is 0 Å². The average Bonchev–Trinajstić information content (AvgIpc) is 3.14. The number of anilines is 1. The maximum absolute atomic E-state index is 11.8. The zero-order valence-electron chi connectivity index (χ0n) is 14.0. The van der Waals surface area contributed by atoms with Crippen molar-refractivity contribution in [3.05, 3.63) is 11.1 Å². The molecule has 2 aliphatic rings. The van der Waals surface area contributed by atoms with Gasteiger partial charge in [-0.2, -0.15) is 0 Å². The molecule has 0 unspecified atom stereocenters. The number of ether oxygens (including phenoxy) is 1. The first kappa shape index (κ1) is 16.7. The van der Waals surface area contributed by atoms with Gasteiger partial charge in [-0.15, -0.1) is 11.3 Å². The molecule has 3 heterocycles. The van der Waals surface area contributed by atoms with E-state index in [1.165, 1.54) is 4.88 Å². The van der Waals surface area contributed by atoms with Crippen molar-refractivity contribution in [2.75, 3.05) is 57.9 Å². The molecule has 0 bridgehead atoms. The number of amides is 1. The molecule has 2 fully saturated rings. The summed E-state index contributed by atoms with van der Waals surface area (Å²) in [5.74, 6) is 0.761. The summed E-state index contributed by atoms with van der Waals surface area (Å²) in [6.07, 6.45) is 2.68. The standard InChI is InChI=1S/C16H26N4O2S/c1-3-19-11-13(8-15(19)21)10-18(2)12-14-9-17-16(23-14)20-4-6-22-7-5-20/h9,13H,3-8,10-12H2,1-2H3/t13-/m0/s1. The number of rotatable bonds is 6. The minimum absolute atomic E-state index is 0.304. The summed E-state index contributed by atoms with van der Waals surface area (Å²) in [6.45, 7) is 9.09. The van der Waals surface area contributed by atoms with Gasteiger partial charge in [0.25, 0.3) is 0 Å². The number of hydrogen-bond acceptors (Lipinski definition) is 6. The Bertz CT molecular complexity index is 530. The van der Waals surface area contributed by atoms with Crippen molar-refractivity contribution in [1.29, 1.82) is 0 Å². The van der Waals surface area contributed by atoms with Gasteiger partial charge in [0, 0.05) is 56.8 Å². The van der Waals surface area contributed by atoms with Crippen LogP contribution < -0.4 is 4.90 Å².